The molecule has 1 fully saturated rings. The van der Waals surface area contributed by atoms with Crippen LogP contribution in [0.5, 0.6) is 5.75 Å². The maximum Gasteiger partial charge on any atom is 0.428 e. The van der Waals surface area contributed by atoms with E-state index in [0.717, 1.165) is 11.8 Å². The van der Waals surface area contributed by atoms with Crippen molar-refractivity contribution in [2.75, 3.05) is 19.8 Å². The van der Waals surface area contributed by atoms with Gasteiger partial charge in [-0.25, -0.2) is 0 Å². The standard InChI is InChI=1S/C16H20F3N3O4S/c1-22(2)15-21-9-10(23)11(24)12(26-14(9)27-15)13(16(17,18)19)25-8-5-3-7(20)4-6-8/h3-6,9-14,23-24H,20H2,1-2H3. The summed E-state index contributed by atoms with van der Waals surface area (Å²) < 4.78 is 51.5. The van der Waals surface area contributed by atoms with Crippen LogP contribution in [0.15, 0.2) is 29.3 Å². The fourth-order valence-electron chi connectivity index (χ4n) is 2.85. The van der Waals surface area contributed by atoms with Crippen molar-refractivity contribution in [1.82, 2.24) is 4.90 Å². The molecule has 27 heavy (non-hydrogen) atoms. The van der Waals surface area contributed by atoms with E-state index in [4.69, 9.17) is 15.2 Å². The van der Waals surface area contributed by atoms with Gasteiger partial charge < -0.3 is 30.3 Å². The van der Waals surface area contributed by atoms with Crippen molar-refractivity contribution < 1.29 is 32.9 Å². The number of ether oxygens (including phenoxy) is 2. The fraction of sp³-hybridized carbons (Fsp3) is 0.562. The number of fused-ring (bicyclic) bond motifs is 1. The topological polar surface area (TPSA) is 101 Å². The van der Waals surface area contributed by atoms with Gasteiger partial charge in [-0.15, -0.1) is 0 Å². The Hall–Kier alpha value is -1.69. The van der Waals surface area contributed by atoms with Crippen LogP contribution in [0.4, 0.5) is 18.9 Å². The number of nitrogens with two attached hydrogens (primary N) is 1. The summed E-state index contributed by atoms with van der Waals surface area (Å²) in [5, 5.41) is 21.1. The third kappa shape index (κ3) is 4.10. The van der Waals surface area contributed by atoms with Crippen LogP contribution in [-0.2, 0) is 4.74 Å². The maximum atomic E-state index is 13.7. The molecular weight excluding hydrogens is 387 g/mol. The number of anilines is 1. The minimum atomic E-state index is -4.84. The molecule has 0 amide bonds. The van der Waals surface area contributed by atoms with Gasteiger partial charge in [0.2, 0.25) is 6.10 Å². The number of nitrogen functional groups attached to an aromatic ring is 1. The van der Waals surface area contributed by atoms with Gasteiger partial charge in [-0.2, -0.15) is 13.2 Å². The summed E-state index contributed by atoms with van der Waals surface area (Å²) in [7, 11) is 3.43. The second-order valence-electron chi connectivity index (χ2n) is 6.51. The Labute approximate surface area is 157 Å². The van der Waals surface area contributed by atoms with E-state index in [1.165, 1.54) is 24.3 Å². The Morgan fingerprint density at radius 3 is 2.41 bits per heavy atom. The van der Waals surface area contributed by atoms with E-state index < -0.39 is 42.1 Å². The zero-order valence-electron chi connectivity index (χ0n) is 14.5. The quantitative estimate of drug-likeness (QED) is 0.644. The van der Waals surface area contributed by atoms with Gasteiger partial charge in [0.15, 0.2) is 5.17 Å². The van der Waals surface area contributed by atoms with E-state index in [1.807, 2.05) is 0 Å². The molecule has 1 aromatic rings. The molecule has 0 bridgehead atoms. The Morgan fingerprint density at radius 1 is 1.22 bits per heavy atom. The highest BCUT2D eigenvalue weighted by Crippen LogP contribution is 2.41. The molecule has 2 aliphatic rings. The van der Waals surface area contributed by atoms with Gasteiger partial charge in [0.05, 0.1) is 0 Å². The largest absolute Gasteiger partial charge is 0.478 e. The van der Waals surface area contributed by atoms with Crippen molar-refractivity contribution >= 4 is 22.6 Å². The van der Waals surface area contributed by atoms with Gasteiger partial charge in [0.25, 0.3) is 0 Å². The first-order valence-corrected chi connectivity index (χ1v) is 8.98. The summed E-state index contributed by atoms with van der Waals surface area (Å²) in [6.07, 6.45) is -12.5. The van der Waals surface area contributed by atoms with E-state index in [9.17, 15) is 23.4 Å². The van der Waals surface area contributed by atoms with Crippen molar-refractivity contribution in [3.63, 3.8) is 0 Å². The average Bonchev–Trinajstić information content (AvgIpc) is 3.01. The van der Waals surface area contributed by atoms with Crippen molar-refractivity contribution in [3.05, 3.63) is 24.3 Å². The van der Waals surface area contributed by atoms with E-state index in [1.54, 1.807) is 19.0 Å². The Morgan fingerprint density at radius 2 is 1.85 bits per heavy atom. The van der Waals surface area contributed by atoms with Crippen LogP contribution in [-0.4, -0.2) is 76.4 Å². The first kappa shape index (κ1) is 20.1. The summed E-state index contributed by atoms with van der Waals surface area (Å²) in [6.45, 7) is 0. The van der Waals surface area contributed by atoms with Crippen LogP contribution in [0.25, 0.3) is 0 Å². The van der Waals surface area contributed by atoms with Gasteiger partial charge >= 0.3 is 6.18 Å². The summed E-state index contributed by atoms with van der Waals surface area (Å²) in [5.41, 5.74) is 5.04. The summed E-state index contributed by atoms with van der Waals surface area (Å²) >= 11 is 1.09. The highest BCUT2D eigenvalue weighted by molar-refractivity contribution is 8.14. The summed E-state index contributed by atoms with van der Waals surface area (Å²) in [4.78, 5) is 5.88. The van der Waals surface area contributed by atoms with Gasteiger partial charge in [-0.1, -0.05) is 11.8 Å². The van der Waals surface area contributed by atoms with Crippen LogP contribution >= 0.6 is 11.8 Å². The molecule has 1 saturated heterocycles. The molecule has 6 atom stereocenters. The number of halogens is 3. The second-order valence-corrected chi connectivity index (χ2v) is 7.58. The highest BCUT2D eigenvalue weighted by atomic mass is 32.2. The molecule has 6 unspecified atom stereocenters. The fourth-order valence-corrected chi connectivity index (χ4v) is 4.00. The third-order valence-electron chi connectivity index (χ3n) is 4.23. The number of amidine groups is 1. The molecule has 0 saturated carbocycles. The third-order valence-corrected chi connectivity index (χ3v) is 5.54. The number of aliphatic hydroxyl groups is 2. The van der Waals surface area contributed by atoms with Crippen molar-refractivity contribution in [2.45, 2.75) is 42.1 Å². The van der Waals surface area contributed by atoms with Gasteiger partial charge in [-0.3, -0.25) is 4.99 Å². The first-order valence-electron chi connectivity index (χ1n) is 8.10. The van der Waals surface area contributed by atoms with E-state index in [0.29, 0.717) is 10.9 Å². The zero-order chi connectivity index (χ0) is 19.9. The van der Waals surface area contributed by atoms with Crippen molar-refractivity contribution in [1.29, 1.82) is 0 Å². The number of nitrogens with zero attached hydrogens (tertiary/aromatic N) is 2. The first-order chi connectivity index (χ1) is 12.6. The van der Waals surface area contributed by atoms with Gasteiger partial charge in [0.1, 0.15) is 35.5 Å². The molecule has 7 nitrogen and oxygen atoms in total. The summed E-state index contributed by atoms with van der Waals surface area (Å²) in [5.74, 6) is -0.0803. The molecule has 2 heterocycles. The number of hydrogen-bond donors (Lipinski definition) is 3. The number of thioether (sulfide) groups is 1. The van der Waals surface area contributed by atoms with Crippen LogP contribution in [0.2, 0.25) is 0 Å². The molecule has 0 aromatic heterocycles. The number of benzene rings is 1. The number of aliphatic hydroxyl groups excluding tert-OH is 2. The van der Waals surface area contributed by atoms with Crippen LogP contribution in [0, 0.1) is 0 Å². The lowest BCUT2D eigenvalue weighted by Gasteiger charge is -2.41. The minimum Gasteiger partial charge on any atom is -0.478 e. The van der Waals surface area contributed by atoms with E-state index >= 15 is 0 Å². The number of aliphatic imine (C=N–C) groups is 1. The molecule has 2 aliphatic heterocycles. The molecule has 0 aliphatic carbocycles. The van der Waals surface area contributed by atoms with Crippen LogP contribution in [0.3, 0.4) is 0 Å². The SMILES string of the molecule is CN(C)C1=NC2C(OC(C(Oc3ccc(N)cc3)C(F)(F)F)C(O)C2O)S1. The van der Waals surface area contributed by atoms with E-state index in [2.05, 4.69) is 4.99 Å². The van der Waals surface area contributed by atoms with Crippen LogP contribution < -0.4 is 10.5 Å². The Kier molecular flexibility index (Phi) is 5.48. The monoisotopic (exact) mass is 407 g/mol. The predicted octanol–water partition coefficient (Wildman–Crippen LogP) is 1.06. The Bertz CT molecular complexity index is 701. The normalized spacial score (nSPS) is 31.8. The van der Waals surface area contributed by atoms with Gasteiger partial charge in [0, 0.05) is 19.8 Å². The maximum absolute atomic E-state index is 13.7. The molecule has 11 heteroatoms. The van der Waals surface area contributed by atoms with E-state index in [-0.39, 0.29) is 5.75 Å². The van der Waals surface area contributed by atoms with Crippen molar-refractivity contribution in [2.24, 2.45) is 4.99 Å². The molecule has 1 aromatic carbocycles. The number of rotatable bonds is 3. The van der Waals surface area contributed by atoms with Crippen molar-refractivity contribution in [3.8, 4) is 5.75 Å². The summed E-state index contributed by atoms with van der Waals surface area (Å²) in [6, 6.07) is 4.52. The number of hydrogen-bond acceptors (Lipinski definition) is 8. The molecule has 3 rings (SSSR count). The molecule has 0 radical (unpaired) electrons. The zero-order valence-corrected chi connectivity index (χ0v) is 15.3. The lowest BCUT2D eigenvalue weighted by molar-refractivity contribution is -0.263. The second kappa shape index (κ2) is 7.38. The van der Waals surface area contributed by atoms with Crippen LogP contribution in [0.1, 0.15) is 0 Å². The lowest BCUT2D eigenvalue weighted by atomic mass is 9.94. The van der Waals surface area contributed by atoms with Gasteiger partial charge in [-0.05, 0) is 24.3 Å². The Balaban J connectivity index is 1.84. The molecular formula is C16H20F3N3O4S. The highest BCUT2D eigenvalue weighted by Gasteiger charge is 2.57. The average molecular weight is 407 g/mol. The lowest BCUT2D eigenvalue weighted by Crippen LogP contribution is -2.62. The minimum absolute atomic E-state index is 0.0803. The molecule has 4 N–H and O–H groups in total. The smallest absolute Gasteiger partial charge is 0.428 e. The molecule has 150 valence electrons. The molecule has 0 spiro atoms. The number of alkyl halides is 3. The predicted molar refractivity (Wildman–Crippen MR) is 94.5 cm³/mol.